The van der Waals surface area contributed by atoms with E-state index in [4.69, 9.17) is 0 Å². The third kappa shape index (κ3) is 12.9. The molecule has 76 heavy (non-hydrogen) atoms. The second-order valence-corrected chi connectivity index (χ2v) is 17.7. The molecule has 0 unspecified atom stereocenters. The van der Waals surface area contributed by atoms with E-state index in [0.29, 0.717) is 0 Å². The fourth-order valence-electron chi connectivity index (χ4n) is 8.22. The van der Waals surface area contributed by atoms with Gasteiger partial charge in [-0.3, -0.25) is 4.79 Å². The van der Waals surface area contributed by atoms with Crippen molar-refractivity contribution in [2.45, 2.75) is 62.9 Å². The molecular formula is C48H26BF24NOS. The molecule has 2 nitrogen and oxygen atoms in total. The molecular weight excluding hydrogens is 1110 g/mol. The highest BCUT2D eigenvalue weighted by Gasteiger charge is 2.47. The summed E-state index contributed by atoms with van der Waals surface area (Å²) in [5, 5.41) is 0. The van der Waals surface area contributed by atoms with Crippen LogP contribution in [0.3, 0.4) is 0 Å². The zero-order valence-electron chi connectivity index (χ0n) is 37.2. The molecule has 406 valence electrons. The molecule has 0 amide bonds. The minimum atomic E-state index is -6.13. The number of Topliss-reactive ketones (excluding diaryl/α,β-unsaturated/α-hetero) is 1. The lowest BCUT2D eigenvalue weighted by Gasteiger charge is -2.46. The third-order valence-electron chi connectivity index (χ3n) is 11.6. The minimum absolute atomic E-state index is 0.116. The number of hydrogen-bond donors (Lipinski definition) is 0. The van der Waals surface area contributed by atoms with Gasteiger partial charge in [-0.15, -0.1) is 0 Å². The maximum atomic E-state index is 14.2. The van der Waals surface area contributed by atoms with E-state index in [-0.39, 0.29) is 5.78 Å². The van der Waals surface area contributed by atoms with E-state index in [1.807, 2.05) is 24.3 Å². The largest absolute Gasteiger partial charge is 0.416 e. The van der Waals surface area contributed by atoms with Crippen molar-refractivity contribution in [1.82, 2.24) is 0 Å². The Kier molecular flexibility index (Phi) is 15.4. The second kappa shape index (κ2) is 20.0. The number of fused-ring (bicyclic) bond motifs is 1. The van der Waals surface area contributed by atoms with Crippen LogP contribution in [0.4, 0.5) is 105 Å². The predicted molar refractivity (Wildman–Crippen MR) is 228 cm³/mol. The summed E-state index contributed by atoms with van der Waals surface area (Å²) in [5.74, 6) is 0.116. The van der Waals surface area contributed by atoms with Crippen molar-refractivity contribution < 1.29 is 115 Å². The van der Waals surface area contributed by atoms with Gasteiger partial charge in [0.05, 0.1) is 44.5 Å². The third-order valence-corrected chi connectivity index (χ3v) is 12.6. The molecule has 6 aromatic carbocycles. The molecule has 0 fully saturated rings. The maximum Gasteiger partial charge on any atom is 0.416 e. The van der Waals surface area contributed by atoms with Gasteiger partial charge in [-0.25, -0.2) is 0 Å². The van der Waals surface area contributed by atoms with Gasteiger partial charge in [0.2, 0.25) is 11.0 Å². The van der Waals surface area contributed by atoms with Crippen molar-refractivity contribution in [3.05, 3.63) is 182 Å². The molecule has 0 saturated carbocycles. The Bertz CT molecular complexity index is 2830. The molecule has 0 aliphatic rings. The number of hydrogen-bond acceptors (Lipinski definition) is 2. The first-order chi connectivity index (χ1) is 34.5. The lowest BCUT2D eigenvalue weighted by atomic mass is 9.12. The first-order valence-corrected chi connectivity index (χ1v) is 21.7. The average Bonchev–Trinajstić information content (AvgIpc) is 3.68. The number of thiazole rings is 1. The monoisotopic (exact) mass is 1130 g/mol. The smallest absolute Gasteiger partial charge is 0.295 e. The molecule has 1 aromatic heterocycles. The van der Waals surface area contributed by atoms with Gasteiger partial charge in [-0.2, -0.15) is 132 Å². The van der Waals surface area contributed by atoms with Crippen LogP contribution in [0, 0.1) is 0 Å². The Morgan fingerprint density at radius 1 is 0.395 bits per heavy atom. The highest BCUT2D eigenvalue weighted by molar-refractivity contribution is 7.20. The Hall–Kier alpha value is -6.74. The van der Waals surface area contributed by atoms with Crippen molar-refractivity contribution in [2.24, 2.45) is 0 Å². The van der Waals surface area contributed by atoms with Gasteiger partial charge >= 0.3 is 49.4 Å². The van der Waals surface area contributed by atoms with Gasteiger partial charge in [0.15, 0.2) is 12.3 Å². The molecule has 7 aromatic rings. The summed E-state index contributed by atoms with van der Waals surface area (Å²) >= 11 is 1.68. The highest BCUT2D eigenvalue weighted by Crippen LogP contribution is 2.41. The number of halogens is 24. The minimum Gasteiger partial charge on any atom is -0.295 e. The molecule has 0 bridgehead atoms. The van der Waals surface area contributed by atoms with Crippen LogP contribution in [-0.2, 0) is 56.0 Å². The van der Waals surface area contributed by atoms with Crippen LogP contribution in [0.25, 0.3) is 10.2 Å². The van der Waals surface area contributed by atoms with Crippen LogP contribution in [0.2, 0.25) is 0 Å². The van der Waals surface area contributed by atoms with Crippen molar-refractivity contribution in [3.63, 3.8) is 0 Å². The normalized spacial score (nSPS) is 13.4. The SMILES string of the molecule is CC(=O)c1ccc2c(c1)sc[n+]2Cc1ccccc1.FC(F)(F)c1cc([B-](c2cc(C(F)(F)F)cc(C(F)(F)F)c2)(c2cc(C(F)(F)F)cc(C(F)(F)F)c2)c2cc(C(F)(F)F)cc(C(F)(F)F)c2)cc(C(F)(F)F)c1. The molecule has 0 N–H and O–H groups in total. The summed E-state index contributed by atoms with van der Waals surface area (Å²) in [7, 11) is 0. The number of benzene rings is 6. The summed E-state index contributed by atoms with van der Waals surface area (Å²) < 4.78 is 344. The molecule has 1 heterocycles. The molecule has 0 aliphatic carbocycles. The molecule has 0 spiro atoms. The van der Waals surface area contributed by atoms with Crippen LogP contribution >= 0.6 is 11.3 Å². The fourth-order valence-corrected chi connectivity index (χ4v) is 9.15. The lowest BCUT2D eigenvalue weighted by Crippen LogP contribution is -2.75. The molecule has 28 heteroatoms. The van der Waals surface area contributed by atoms with Gasteiger partial charge in [-0.05, 0) is 43.3 Å². The maximum absolute atomic E-state index is 14.2. The van der Waals surface area contributed by atoms with E-state index < -0.39 is 195 Å². The van der Waals surface area contributed by atoms with Crippen molar-refractivity contribution in [3.8, 4) is 0 Å². The molecule has 0 atom stereocenters. The average molecular weight is 1130 g/mol. The highest BCUT2D eigenvalue weighted by atomic mass is 32.1. The van der Waals surface area contributed by atoms with Gasteiger partial charge in [-0.1, -0.05) is 90.2 Å². The topological polar surface area (TPSA) is 20.9 Å². The number of nitrogens with zero attached hydrogens (tertiary/aromatic N) is 1. The van der Waals surface area contributed by atoms with Gasteiger partial charge in [0.25, 0.3) is 0 Å². The van der Waals surface area contributed by atoms with E-state index in [0.717, 1.165) is 16.8 Å². The molecule has 7 rings (SSSR count). The summed E-state index contributed by atoms with van der Waals surface area (Å²) in [6.07, 6.45) is -54.8. The summed E-state index contributed by atoms with van der Waals surface area (Å²) in [6, 6.07) is 7.49. The Balaban J connectivity index is 0.000000408. The quantitative estimate of drug-likeness (QED) is 0.0674. The first-order valence-electron chi connectivity index (χ1n) is 20.8. The van der Waals surface area contributed by atoms with Gasteiger partial charge in [0.1, 0.15) is 10.8 Å². The van der Waals surface area contributed by atoms with Gasteiger partial charge in [0, 0.05) is 17.2 Å². The predicted octanol–water partition coefficient (Wildman–Crippen LogP) is 14.7. The van der Waals surface area contributed by atoms with Crippen molar-refractivity contribution >= 4 is 55.3 Å². The number of aromatic nitrogens is 1. The van der Waals surface area contributed by atoms with Crippen LogP contribution < -0.4 is 26.4 Å². The molecule has 0 radical (unpaired) electrons. The number of rotatable bonds is 7. The number of carbonyl (C=O) groups is 1. The van der Waals surface area contributed by atoms with Crippen LogP contribution in [0.5, 0.6) is 0 Å². The Morgan fingerprint density at radius 3 is 0.921 bits per heavy atom. The van der Waals surface area contributed by atoms with Gasteiger partial charge < -0.3 is 0 Å². The van der Waals surface area contributed by atoms with Crippen molar-refractivity contribution in [2.75, 3.05) is 0 Å². The van der Waals surface area contributed by atoms with E-state index in [1.165, 1.54) is 11.1 Å². The molecule has 0 saturated heterocycles. The lowest BCUT2D eigenvalue weighted by molar-refractivity contribution is -0.658. The second-order valence-electron chi connectivity index (χ2n) is 16.8. The zero-order valence-corrected chi connectivity index (χ0v) is 38.1. The van der Waals surface area contributed by atoms with E-state index in [1.54, 1.807) is 18.3 Å². The van der Waals surface area contributed by atoms with Crippen LogP contribution in [0.15, 0.2) is 127 Å². The Morgan fingerprint density at radius 2 is 0.671 bits per heavy atom. The number of alkyl halides is 24. The van der Waals surface area contributed by atoms with Crippen LogP contribution in [0.1, 0.15) is 67.4 Å². The fraction of sp³-hybridized carbons (Fsp3) is 0.208. The number of carbonyl (C=O) groups excluding carboxylic acids is 1. The Labute approximate surface area is 414 Å². The first kappa shape index (κ1) is 58.5. The molecule has 0 aliphatic heterocycles. The van der Waals surface area contributed by atoms with Crippen molar-refractivity contribution in [1.29, 1.82) is 0 Å². The summed E-state index contributed by atoms with van der Waals surface area (Å²) in [6.45, 7) is 2.47. The summed E-state index contributed by atoms with van der Waals surface area (Å²) in [4.78, 5) is 11.4. The number of ketones is 1. The standard InChI is InChI=1S/C32H12BF24.C16H14NOS/c34-25(35,36)13-1-14(26(37,38)39)6-21(5-13)33(22-7-15(27(40,41)42)2-16(8-22)28(43,44)45,23-9-17(29(46,47)48)3-18(10-23)30(49,50)51)24-11-19(31(52,53)54)4-20(12-24)32(55,56)57;1-12(18)14-7-8-15-16(9-14)19-11-17(15)10-13-5-3-2-4-6-13/h1-12H;2-9,11H,10H2,1H3/q-1;+1. The van der Waals surface area contributed by atoms with E-state index in [9.17, 15) is 110 Å². The summed E-state index contributed by atoms with van der Waals surface area (Å²) in [5.41, 5.74) is -24.9. The van der Waals surface area contributed by atoms with E-state index >= 15 is 0 Å². The van der Waals surface area contributed by atoms with E-state index in [2.05, 4.69) is 34.3 Å². The zero-order chi connectivity index (χ0) is 57.2. The van der Waals surface area contributed by atoms with Crippen LogP contribution in [-0.4, -0.2) is 11.9 Å².